The van der Waals surface area contributed by atoms with Crippen LogP contribution in [-0.2, 0) is 17.5 Å². The molecule has 2 aliphatic rings. The van der Waals surface area contributed by atoms with Crippen molar-refractivity contribution in [1.82, 2.24) is 4.90 Å². The molecule has 2 heterocycles. The fourth-order valence-electron chi connectivity index (χ4n) is 3.07. The van der Waals surface area contributed by atoms with Crippen LogP contribution in [0.4, 0.5) is 18.9 Å². The molecule has 3 nitrogen and oxygen atoms in total. The molecule has 0 saturated carbocycles. The normalized spacial score (nSPS) is 26.9. The molecule has 2 bridgehead atoms. The summed E-state index contributed by atoms with van der Waals surface area (Å²) in [5.41, 5.74) is 5.28. The lowest BCUT2D eigenvalue weighted by Crippen LogP contribution is -2.42. The molecule has 2 N–H and O–H groups in total. The number of hydrogen-bond acceptors (Lipinski definition) is 3. The zero-order chi connectivity index (χ0) is 14.3. The molecule has 6 heteroatoms. The van der Waals surface area contributed by atoms with E-state index in [4.69, 9.17) is 10.5 Å². The van der Waals surface area contributed by atoms with E-state index in [1.165, 1.54) is 12.1 Å². The fourth-order valence-corrected chi connectivity index (χ4v) is 3.07. The van der Waals surface area contributed by atoms with E-state index in [-0.39, 0.29) is 23.5 Å². The van der Waals surface area contributed by atoms with Gasteiger partial charge in [-0.05, 0) is 30.5 Å². The first-order valence-electron chi connectivity index (χ1n) is 6.75. The summed E-state index contributed by atoms with van der Waals surface area (Å²) < 4.78 is 44.8. The van der Waals surface area contributed by atoms with E-state index in [1.807, 2.05) is 4.90 Å². The second-order valence-corrected chi connectivity index (χ2v) is 5.57. The number of hydrogen-bond donors (Lipinski definition) is 1. The summed E-state index contributed by atoms with van der Waals surface area (Å²) in [5, 5.41) is 0. The molecule has 0 aromatic heterocycles. The van der Waals surface area contributed by atoms with Gasteiger partial charge in [0.2, 0.25) is 0 Å². The average molecular weight is 286 g/mol. The molecule has 2 saturated heterocycles. The zero-order valence-electron chi connectivity index (χ0n) is 11.0. The Morgan fingerprint density at radius 1 is 1.20 bits per heavy atom. The van der Waals surface area contributed by atoms with Crippen molar-refractivity contribution in [3.63, 3.8) is 0 Å². The average Bonchev–Trinajstić information content (AvgIpc) is 2.70. The first-order chi connectivity index (χ1) is 9.41. The maximum atomic E-state index is 13.0. The third-order valence-corrected chi connectivity index (χ3v) is 3.95. The molecule has 2 unspecified atom stereocenters. The molecule has 3 rings (SSSR count). The number of anilines is 1. The molecular weight excluding hydrogens is 269 g/mol. The smallest absolute Gasteiger partial charge is 0.399 e. The predicted molar refractivity (Wildman–Crippen MR) is 69.0 cm³/mol. The SMILES string of the molecule is Nc1ccc(CN2CC3CCC(C2)O3)c(C(F)(F)F)c1. The zero-order valence-corrected chi connectivity index (χ0v) is 11.0. The van der Waals surface area contributed by atoms with Crippen molar-refractivity contribution in [1.29, 1.82) is 0 Å². The van der Waals surface area contributed by atoms with E-state index < -0.39 is 11.7 Å². The van der Waals surface area contributed by atoms with E-state index in [0.717, 1.165) is 18.9 Å². The number of halogens is 3. The van der Waals surface area contributed by atoms with E-state index in [0.29, 0.717) is 19.6 Å². The van der Waals surface area contributed by atoms with E-state index in [9.17, 15) is 13.2 Å². The third kappa shape index (κ3) is 2.76. The number of ether oxygens (including phenoxy) is 1. The molecule has 0 amide bonds. The quantitative estimate of drug-likeness (QED) is 0.849. The molecular formula is C14H17F3N2O. The molecule has 2 fully saturated rings. The van der Waals surface area contributed by atoms with Gasteiger partial charge in [-0.2, -0.15) is 13.2 Å². The molecule has 0 radical (unpaired) electrons. The number of rotatable bonds is 2. The first-order valence-corrected chi connectivity index (χ1v) is 6.75. The van der Waals surface area contributed by atoms with Gasteiger partial charge in [-0.3, -0.25) is 4.90 Å². The Hall–Kier alpha value is -1.27. The Morgan fingerprint density at radius 2 is 1.85 bits per heavy atom. The highest BCUT2D eigenvalue weighted by atomic mass is 19.4. The Labute approximate surface area is 115 Å². The van der Waals surface area contributed by atoms with Crippen molar-refractivity contribution >= 4 is 5.69 Å². The van der Waals surface area contributed by atoms with Crippen LogP contribution in [-0.4, -0.2) is 30.2 Å². The number of nitrogens with zero attached hydrogens (tertiary/aromatic N) is 1. The molecule has 1 aromatic rings. The van der Waals surface area contributed by atoms with Crippen LogP contribution < -0.4 is 5.73 Å². The summed E-state index contributed by atoms with van der Waals surface area (Å²) in [6.07, 6.45) is -1.99. The molecule has 110 valence electrons. The molecule has 20 heavy (non-hydrogen) atoms. The van der Waals surface area contributed by atoms with Crippen LogP contribution in [0.25, 0.3) is 0 Å². The van der Waals surface area contributed by atoms with Gasteiger partial charge < -0.3 is 10.5 Å². The highest BCUT2D eigenvalue weighted by Gasteiger charge is 2.36. The summed E-state index contributed by atoms with van der Waals surface area (Å²) in [5.74, 6) is 0. The topological polar surface area (TPSA) is 38.5 Å². The van der Waals surface area contributed by atoms with Gasteiger partial charge in [-0.25, -0.2) is 0 Å². The van der Waals surface area contributed by atoms with Crippen molar-refractivity contribution in [3.05, 3.63) is 29.3 Å². The molecule has 0 aliphatic carbocycles. The van der Waals surface area contributed by atoms with E-state index in [1.54, 1.807) is 0 Å². The summed E-state index contributed by atoms with van der Waals surface area (Å²) >= 11 is 0. The number of morpholine rings is 1. The lowest BCUT2D eigenvalue weighted by molar-refractivity contribution is -0.138. The van der Waals surface area contributed by atoms with Crippen LogP contribution in [0, 0.1) is 0 Å². The second kappa shape index (κ2) is 4.93. The summed E-state index contributed by atoms with van der Waals surface area (Å²) in [7, 11) is 0. The number of nitrogens with two attached hydrogens (primary N) is 1. The predicted octanol–water partition coefficient (Wildman–Crippen LogP) is 2.65. The van der Waals surface area contributed by atoms with Crippen LogP contribution in [0.15, 0.2) is 18.2 Å². The number of alkyl halides is 3. The van der Waals surface area contributed by atoms with Gasteiger partial charge >= 0.3 is 6.18 Å². The minimum absolute atomic E-state index is 0.142. The number of likely N-dealkylation sites (tertiary alicyclic amines) is 1. The van der Waals surface area contributed by atoms with Crippen molar-refractivity contribution in [2.45, 2.75) is 37.8 Å². The Kier molecular flexibility index (Phi) is 3.38. The molecule has 2 aliphatic heterocycles. The van der Waals surface area contributed by atoms with Crippen molar-refractivity contribution in [2.75, 3.05) is 18.8 Å². The van der Waals surface area contributed by atoms with Gasteiger partial charge in [0, 0.05) is 25.3 Å². The minimum atomic E-state index is -4.37. The maximum Gasteiger partial charge on any atom is 0.416 e. The van der Waals surface area contributed by atoms with Gasteiger partial charge in [0.05, 0.1) is 17.8 Å². The van der Waals surface area contributed by atoms with Crippen LogP contribution in [0.1, 0.15) is 24.0 Å². The van der Waals surface area contributed by atoms with Crippen LogP contribution in [0.3, 0.4) is 0 Å². The van der Waals surface area contributed by atoms with Gasteiger partial charge in [-0.1, -0.05) is 6.07 Å². The lowest BCUT2D eigenvalue weighted by atomic mass is 10.0. The maximum absolute atomic E-state index is 13.0. The van der Waals surface area contributed by atoms with E-state index >= 15 is 0 Å². The lowest BCUT2D eigenvalue weighted by Gasteiger charge is -2.32. The minimum Gasteiger partial charge on any atom is -0.399 e. The molecule has 0 spiro atoms. The van der Waals surface area contributed by atoms with Crippen molar-refractivity contribution < 1.29 is 17.9 Å². The largest absolute Gasteiger partial charge is 0.416 e. The highest BCUT2D eigenvalue weighted by molar-refractivity contribution is 5.46. The van der Waals surface area contributed by atoms with Gasteiger partial charge in [0.25, 0.3) is 0 Å². The van der Waals surface area contributed by atoms with Crippen LogP contribution in [0.5, 0.6) is 0 Å². The van der Waals surface area contributed by atoms with Crippen molar-refractivity contribution in [3.8, 4) is 0 Å². The van der Waals surface area contributed by atoms with Gasteiger partial charge in [0.1, 0.15) is 0 Å². The third-order valence-electron chi connectivity index (χ3n) is 3.95. The first kappa shape index (κ1) is 13.7. The highest BCUT2D eigenvalue weighted by Crippen LogP contribution is 2.35. The summed E-state index contributed by atoms with van der Waals surface area (Å²) in [6, 6.07) is 4.03. The molecule has 1 aromatic carbocycles. The van der Waals surface area contributed by atoms with Crippen molar-refractivity contribution in [2.24, 2.45) is 0 Å². The second-order valence-electron chi connectivity index (χ2n) is 5.57. The Bertz CT molecular complexity index is 492. The summed E-state index contributed by atoms with van der Waals surface area (Å²) in [4.78, 5) is 2.05. The number of fused-ring (bicyclic) bond motifs is 2. The standard InChI is InChI=1S/C14H17F3N2O/c15-14(16,17)13-5-10(18)2-1-9(13)6-19-7-11-3-4-12(8-19)20-11/h1-2,5,11-12H,3-4,6-8,18H2. The molecule has 2 atom stereocenters. The van der Waals surface area contributed by atoms with E-state index in [2.05, 4.69) is 0 Å². The number of benzene rings is 1. The summed E-state index contributed by atoms with van der Waals surface area (Å²) in [6.45, 7) is 1.71. The Morgan fingerprint density at radius 3 is 2.45 bits per heavy atom. The van der Waals surface area contributed by atoms with Gasteiger partial charge in [-0.15, -0.1) is 0 Å². The van der Waals surface area contributed by atoms with Crippen LogP contribution in [0.2, 0.25) is 0 Å². The number of nitrogen functional groups attached to an aromatic ring is 1. The van der Waals surface area contributed by atoms with Crippen LogP contribution >= 0.6 is 0 Å². The fraction of sp³-hybridized carbons (Fsp3) is 0.571. The Balaban J connectivity index is 1.80. The monoisotopic (exact) mass is 286 g/mol. The van der Waals surface area contributed by atoms with Gasteiger partial charge in [0.15, 0.2) is 0 Å².